The summed E-state index contributed by atoms with van der Waals surface area (Å²) >= 11 is 6.75. The van der Waals surface area contributed by atoms with Gasteiger partial charge in [0.2, 0.25) is 5.91 Å². The number of rotatable bonds is 7. The topological polar surface area (TPSA) is 174 Å². The lowest BCUT2D eigenvalue weighted by Gasteiger charge is -2.42. The highest BCUT2D eigenvalue weighted by Crippen LogP contribution is 2.49. The molecule has 2 aromatic rings. The van der Waals surface area contributed by atoms with Gasteiger partial charge in [0.1, 0.15) is 41.2 Å². The molecular weight excluding hydrogens is 734 g/mol. The third-order valence-corrected chi connectivity index (χ3v) is 10.9. The molecule has 0 aliphatic carbocycles. The average Bonchev–Trinajstić information content (AvgIpc) is 3.83. The molecule has 2 saturated heterocycles. The summed E-state index contributed by atoms with van der Waals surface area (Å²) in [5.41, 5.74) is -0.324. The molecule has 296 valence electrons. The predicted molar refractivity (Wildman–Crippen MR) is 202 cm³/mol. The first-order valence-corrected chi connectivity index (χ1v) is 18.2. The summed E-state index contributed by atoms with van der Waals surface area (Å²) in [7, 11) is 5.88. The van der Waals surface area contributed by atoms with Crippen LogP contribution in [0.1, 0.15) is 66.8 Å². The van der Waals surface area contributed by atoms with Crippen LogP contribution in [-0.2, 0) is 35.0 Å². The zero-order valence-electron chi connectivity index (χ0n) is 32.2. The second-order valence-corrected chi connectivity index (χ2v) is 14.9. The molecule has 3 amide bonds. The van der Waals surface area contributed by atoms with Gasteiger partial charge in [-0.2, -0.15) is 0 Å². The zero-order valence-corrected chi connectivity index (χ0v) is 33.0. The van der Waals surface area contributed by atoms with Crippen molar-refractivity contribution in [2.45, 2.75) is 82.7 Å². The molecule has 0 radical (unpaired) electrons. The number of nitrogens with zero attached hydrogens (tertiary/aromatic N) is 2. The van der Waals surface area contributed by atoms with Gasteiger partial charge in [-0.3, -0.25) is 24.5 Å². The van der Waals surface area contributed by atoms with Gasteiger partial charge in [-0.05, 0) is 57.0 Å². The zero-order chi connectivity index (χ0) is 40.4. The fourth-order valence-corrected chi connectivity index (χ4v) is 7.45. The fraction of sp³-hybridized carbons (Fsp3) is 0.475. The summed E-state index contributed by atoms with van der Waals surface area (Å²) in [4.78, 5) is 68.0. The molecule has 4 bridgehead atoms. The van der Waals surface area contributed by atoms with Crippen LogP contribution >= 0.6 is 11.6 Å². The molecule has 14 nitrogen and oxygen atoms in total. The maximum Gasteiger partial charge on any atom is 0.409 e. The van der Waals surface area contributed by atoms with Gasteiger partial charge in [0.25, 0.3) is 5.91 Å². The predicted octanol–water partition coefficient (Wildman–Crippen LogP) is 4.64. The lowest BCUT2D eigenvalue weighted by Crippen LogP contribution is -2.63. The van der Waals surface area contributed by atoms with Crippen molar-refractivity contribution in [3.05, 3.63) is 81.9 Å². The van der Waals surface area contributed by atoms with Crippen LogP contribution in [0.2, 0.25) is 5.02 Å². The Bertz CT molecular complexity index is 1900. The monoisotopic (exact) mass is 781 g/mol. The summed E-state index contributed by atoms with van der Waals surface area (Å²) in [6, 6.07) is 9.61. The molecule has 5 rings (SSSR count). The molecule has 7 atom stereocenters. The van der Waals surface area contributed by atoms with Gasteiger partial charge in [-0.1, -0.05) is 54.5 Å². The number of benzene rings is 2. The molecule has 3 aliphatic rings. The third kappa shape index (κ3) is 9.04. The molecule has 2 N–H and O–H groups in total. The Labute approximate surface area is 325 Å². The van der Waals surface area contributed by atoms with Gasteiger partial charge >= 0.3 is 12.1 Å². The first-order valence-electron chi connectivity index (χ1n) is 17.8. The molecule has 0 aromatic heterocycles. The minimum absolute atomic E-state index is 0.0715. The summed E-state index contributed by atoms with van der Waals surface area (Å²) in [6.45, 7) is 6.33. The van der Waals surface area contributed by atoms with Crippen LogP contribution in [0, 0.1) is 5.92 Å². The smallest absolute Gasteiger partial charge is 0.409 e. The largest absolute Gasteiger partial charge is 0.495 e. The summed E-state index contributed by atoms with van der Waals surface area (Å²) in [6.07, 6.45) is 0.695. The van der Waals surface area contributed by atoms with Crippen LogP contribution in [0.5, 0.6) is 5.75 Å². The number of esters is 1. The van der Waals surface area contributed by atoms with Crippen LogP contribution in [0.4, 0.5) is 10.5 Å². The van der Waals surface area contributed by atoms with Crippen molar-refractivity contribution in [1.29, 1.82) is 0 Å². The lowest BCUT2D eigenvalue weighted by atomic mass is 9.83. The first kappa shape index (κ1) is 41.4. The Morgan fingerprint density at radius 1 is 1.13 bits per heavy atom. The number of hydrogen-bond acceptors (Lipinski definition) is 11. The average molecular weight is 782 g/mol. The lowest BCUT2D eigenvalue weighted by molar-refractivity contribution is -0.154. The van der Waals surface area contributed by atoms with Gasteiger partial charge in [-0.25, -0.2) is 4.79 Å². The van der Waals surface area contributed by atoms with Crippen LogP contribution in [0.15, 0.2) is 60.2 Å². The quantitative estimate of drug-likeness (QED) is 0.228. The fourth-order valence-electron chi connectivity index (χ4n) is 7.13. The van der Waals surface area contributed by atoms with E-state index in [1.807, 2.05) is 13.0 Å². The van der Waals surface area contributed by atoms with E-state index in [0.29, 0.717) is 23.4 Å². The highest BCUT2D eigenvalue weighted by molar-refractivity contribution is 6.35. The maximum atomic E-state index is 14.1. The molecule has 55 heavy (non-hydrogen) atoms. The minimum Gasteiger partial charge on any atom is -0.495 e. The van der Waals surface area contributed by atoms with Crippen molar-refractivity contribution in [2.75, 3.05) is 39.8 Å². The number of methoxy groups -OCH3 is 2. The van der Waals surface area contributed by atoms with Gasteiger partial charge in [0.05, 0.1) is 25.3 Å². The number of carbonyl (C=O) groups excluding carboxylic acids is 5. The minimum atomic E-state index is -1.85. The number of alkyl carbamates (subject to hydrolysis) is 1. The number of anilines is 1. The SMILES string of the molecule is COc1cc2cc(c1Cl)N(C)C(=O)C[C@H](OC(=O)CN(C)C(=O)c1ccc(C(C)=O)cc1)[C@]1(C)O[C@H]1[C@H](C)[C@@H]1C[C@@](O)(NC(=O)O1)[C@H](OC)/C=C/C=C(\C)C2. The highest BCUT2D eigenvalue weighted by Gasteiger charge is 2.64. The van der Waals surface area contributed by atoms with E-state index in [2.05, 4.69) is 5.32 Å². The van der Waals surface area contributed by atoms with E-state index in [1.54, 1.807) is 45.2 Å². The van der Waals surface area contributed by atoms with E-state index >= 15 is 0 Å². The molecular formula is C40H48ClN3O11. The normalized spacial score (nSPS) is 29.7. The van der Waals surface area contributed by atoms with E-state index in [9.17, 15) is 29.1 Å². The number of fused-ring (bicyclic) bond motifs is 5. The van der Waals surface area contributed by atoms with E-state index in [-0.39, 0.29) is 29.2 Å². The first-order chi connectivity index (χ1) is 25.9. The Morgan fingerprint density at radius 2 is 1.80 bits per heavy atom. The highest BCUT2D eigenvalue weighted by atomic mass is 35.5. The third-order valence-electron chi connectivity index (χ3n) is 10.5. The number of ketones is 1. The number of hydrogen-bond donors (Lipinski definition) is 2. The van der Waals surface area contributed by atoms with Crippen molar-refractivity contribution in [3.63, 3.8) is 0 Å². The molecule has 0 saturated carbocycles. The van der Waals surface area contributed by atoms with Crippen LogP contribution in [-0.4, -0.2) is 110 Å². The number of nitrogens with one attached hydrogen (secondary N) is 1. The van der Waals surface area contributed by atoms with Crippen molar-refractivity contribution >= 4 is 46.9 Å². The number of amides is 3. The standard InChI is InChI=1S/C40H48ClN3O11/c1-22-10-9-11-31(52-8)40(50)20-30(53-38(49)42-40)23(2)36-39(4,55-36)32(19-33(46)44(6)28-17-25(16-22)18-29(51-7)35(28)41)54-34(47)21-43(5)37(48)27-14-12-26(13-15-27)24(3)45/h9-15,17-18,23,30-32,36,50H,16,19-21H2,1-8H3,(H,42,49)/b11-9+,22-10+/t23-,30+,31-,32+,36+,39+,40+/m1/s1. The number of allylic oxidation sites excluding steroid dienone is 3. The molecule has 15 heteroatoms. The van der Waals surface area contributed by atoms with Crippen molar-refractivity contribution < 1.29 is 52.8 Å². The summed E-state index contributed by atoms with van der Waals surface area (Å²) in [5, 5.41) is 14.4. The number of carbonyl (C=O) groups is 5. The van der Waals surface area contributed by atoms with Crippen LogP contribution in [0.3, 0.4) is 0 Å². The molecule has 3 heterocycles. The van der Waals surface area contributed by atoms with E-state index in [0.717, 1.165) is 11.1 Å². The van der Waals surface area contributed by atoms with Crippen molar-refractivity contribution in [2.24, 2.45) is 5.92 Å². The second kappa shape index (κ2) is 16.5. The number of ether oxygens (including phenoxy) is 5. The number of Topliss-reactive ketones (excluding diaryl/α,β-unsaturated/α-hetero) is 1. The molecule has 2 fully saturated rings. The number of epoxide rings is 1. The van der Waals surface area contributed by atoms with Gasteiger partial charge in [0.15, 0.2) is 11.5 Å². The number of halogens is 1. The Balaban J connectivity index is 1.48. The van der Waals surface area contributed by atoms with Crippen molar-refractivity contribution in [1.82, 2.24) is 10.2 Å². The molecule has 0 spiro atoms. The van der Waals surface area contributed by atoms with Gasteiger partial charge in [-0.15, -0.1) is 0 Å². The Kier molecular flexibility index (Phi) is 12.4. The Morgan fingerprint density at radius 3 is 2.44 bits per heavy atom. The van der Waals surface area contributed by atoms with E-state index in [1.165, 1.54) is 62.3 Å². The maximum absolute atomic E-state index is 14.1. The summed E-state index contributed by atoms with van der Waals surface area (Å²) in [5.74, 6) is -2.11. The second-order valence-electron chi connectivity index (χ2n) is 14.6. The molecule has 3 aliphatic heterocycles. The number of aliphatic hydroxyl groups is 1. The Hall–Kier alpha value is -4.76. The molecule has 2 aromatic carbocycles. The van der Waals surface area contributed by atoms with Crippen LogP contribution < -0.4 is 15.0 Å². The van der Waals surface area contributed by atoms with E-state index < -0.39 is 72.1 Å². The molecule has 0 unspecified atom stereocenters. The summed E-state index contributed by atoms with van der Waals surface area (Å²) < 4.78 is 29.1. The van der Waals surface area contributed by atoms with Crippen LogP contribution in [0.25, 0.3) is 0 Å². The number of likely N-dealkylation sites (N-methyl/N-ethyl adjacent to an activating group) is 1. The van der Waals surface area contributed by atoms with Crippen molar-refractivity contribution in [3.8, 4) is 5.75 Å². The van der Waals surface area contributed by atoms with Gasteiger partial charge < -0.3 is 38.6 Å². The van der Waals surface area contributed by atoms with E-state index in [4.69, 9.17) is 35.3 Å². The van der Waals surface area contributed by atoms with Gasteiger partial charge in [0, 0.05) is 44.7 Å².